The second-order valence-electron chi connectivity index (χ2n) is 3.10. The SMILES string of the molecule is Cn1nnc(NC(=O)N[C@H](CCO)C(=O)O)n1. The summed E-state index contributed by atoms with van der Waals surface area (Å²) < 4.78 is 0. The number of nitrogens with one attached hydrogen (secondary N) is 2. The average Bonchev–Trinajstić information content (AvgIpc) is 2.63. The van der Waals surface area contributed by atoms with Crippen LogP contribution in [0.15, 0.2) is 0 Å². The number of amides is 2. The Bertz CT molecular complexity index is 405. The maximum Gasteiger partial charge on any atom is 0.326 e. The molecule has 0 unspecified atom stereocenters. The van der Waals surface area contributed by atoms with Gasteiger partial charge in [-0.1, -0.05) is 5.10 Å². The van der Waals surface area contributed by atoms with Crippen molar-refractivity contribution in [3.63, 3.8) is 0 Å². The van der Waals surface area contributed by atoms with Crippen molar-refractivity contribution in [2.45, 2.75) is 12.5 Å². The average molecular weight is 244 g/mol. The number of aromatic nitrogens is 4. The fourth-order valence-electron chi connectivity index (χ4n) is 1.02. The van der Waals surface area contributed by atoms with E-state index < -0.39 is 18.0 Å². The summed E-state index contributed by atoms with van der Waals surface area (Å²) in [6.07, 6.45) is -0.0867. The van der Waals surface area contributed by atoms with Crippen LogP contribution in [0.4, 0.5) is 10.7 Å². The predicted molar refractivity (Wildman–Crippen MR) is 54.1 cm³/mol. The number of aryl methyl sites for hydroxylation is 1. The van der Waals surface area contributed by atoms with E-state index in [1.807, 2.05) is 0 Å². The molecule has 1 heterocycles. The first-order chi connectivity index (χ1) is 8.02. The first kappa shape index (κ1) is 12.8. The second-order valence-corrected chi connectivity index (χ2v) is 3.10. The highest BCUT2D eigenvalue weighted by Crippen LogP contribution is 1.95. The molecular weight excluding hydrogens is 232 g/mol. The van der Waals surface area contributed by atoms with E-state index in [-0.39, 0.29) is 19.0 Å². The minimum absolute atomic E-state index is 0.0434. The number of carbonyl (C=O) groups excluding carboxylic acids is 1. The lowest BCUT2D eigenvalue weighted by Crippen LogP contribution is -2.43. The molecule has 0 saturated carbocycles. The highest BCUT2D eigenvalue weighted by atomic mass is 16.4. The van der Waals surface area contributed by atoms with Gasteiger partial charge in [0.25, 0.3) is 5.95 Å². The lowest BCUT2D eigenvalue weighted by molar-refractivity contribution is -0.139. The number of aliphatic carboxylic acids is 1. The Morgan fingerprint density at radius 3 is 2.71 bits per heavy atom. The molecule has 0 radical (unpaired) electrons. The van der Waals surface area contributed by atoms with E-state index in [2.05, 4.69) is 26.0 Å². The van der Waals surface area contributed by atoms with Crippen LogP contribution < -0.4 is 10.6 Å². The standard InChI is InChI=1S/C7H12N6O4/c1-13-11-6(10-12-13)9-7(17)8-4(2-3-14)5(15)16/h4,14H,2-3H2,1H3,(H,15,16)(H2,8,9,11,17)/t4-/m1/s1. The van der Waals surface area contributed by atoms with Crippen LogP contribution in [0.25, 0.3) is 0 Å². The molecule has 0 aromatic carbocycles. The Kier molecular flexibility index (Phi) is 4.34. The Labute approximate surface area is 95.6 Å². The quantitative estimate of drug-likeness (QED) is 0.477. The van der Waals surface area contributed by atoms with Gasteiger partial charge in [-0.25, -0.2) is 9.59 Å². The van der Waals surface area contributed by atoms with Crippen LogP contribution in [-0.4, -0.2) is 55.1 Å². The molecule has 1 aromatic rings. The van der Waals surface area contributed by atoms with E-state index in [9.17, 15) is 9.59 Å². The van der Waals surface area contributed by atoms with Crippen LogP contribution in [0.1, 0.15) is 6.42 Å². The molecule has 0 aliphatic heterocycles. The van der Waals surface area contributed by atoms with Crippen LogP contribution >= 0.6 is 0 Å². The van der Waals surface area contributed by atoms with E-state index in [0.717, 1.165) is 4.80 Å². The number of rotatable bonds is 5. The summed E-state index contributed by atoms with van der Waals surface area (Å²) in [5.74, 6) is -1.28. The molecule has 0 spiro atoms. The van der Waals surface area contributed by atoms with Crippen molar-refractivity contribution in [1.29, 1.82) is 0 Å². The monoisotopic (exact) mass is 244 g/mol. The van der Waals surface area contributed by atoms with Gasteiger partial charge >= 0.3 is 12.0 Å². The molecule has 0 saturated heterocycles. The molecule has 10 nitrogen and oxygen atoms in total. The van der Waals surface area contributed by atoms with Gasteiger partial charge in [0, 0.05) is 13.0 Å². The number of carboxylic acids is 1. The van der Waals surface area contributed by atoms with Crippen LogP contribution in [-0.2, 0) is 11.8 Å². The molecule has 2 amide bonds. The molecule has 94 valence electrons. The van der Waals surface area contributed by atoms with Gasteiger partial charge in [-0.3, -0.25) is 5.32 Å². The number of carbonyl (C=O) groups is 2. The third kappa shape index (κ3) is 4.03. The van der Waals surface area contributed by atoms with Crippen LogP contribution in [0, 0.1) is 0 Å². The zero-order valence-corrected chi connectivity index (χ0v) is 8.99. The Hall–Kier alpha value is -2.23. The largest absolute Gasteiger partial charge is 0.480 e. The number of carboxylic acid groups (broad SMARTS) is 1. The molecule has 0 bridgehead atoms. The van der Waals surface area contributed by atoms with E-state index >= 15 is 0 Å². The number of hydrogen-bond acceptors (Lipinski definition) is 6. The highest BCUT2D eigenvalue weighted by Gasteiger charge is 2.19. The Morgan fingerprint density at radius 1 is 1.53 bits per heavy atom. The Balaban J connectivity index is 2.50. The number of tetrazole rings is 1. The third-order valence-corrected chi connectivity index (χ3v) is 1.75. The number of urea groups is 1. The number of anilines is 1. The van der Waals surface area contributed by atoms with Gasteiger partial charge in [-0.05, 0) is 5.21 Å². The van der Waals surface area contributed by atoms with Gasteiger partial charge in [0.15, 0.2) is 0 Å². The molecule has 4 N–H and O–H groups in total. The lowest BCUT2D eigenvalue weighted by atomic mass is 10.2. The summed E-state index contributed by atoms with van der Waals surface area (Å²) in [5.41, 5.74) is 0. The Morgan fingerprint density at radius 2 is 2.24 bits per heavy atom. The smallest absolute Gasteiger partial charge is 0.326 e. The van der Waals surface area contributed by atoms with Crippen LogP contribution in [0.5, 0.6) is 0 Å². The summed E-state index contributed by atoms with van der Waals surface area (Å²) in [6.45, 7) is -0.347. The number of nitrogens with zero attached hydrogens (tertiary/aromatic N) is 4. The van der Waals surface area contributed by atoms with Gasteiger partial charge < -0.3 is 15.5 Å². The number of hydrogen-bond donors (Lipinski definition) is 4. The summed E-state index contributed by atoms with van der Waals surface area (Å²) in [4.78, 5) is 23.1. The van der Waals surface area contributed by atoms with Crippen molar-refractivity contribution >= 4 is 17.9 Å². The second kappa shape index (κ2) is 5.75. The fraction of sp³-hybridized carbons (Fsp3) is 0.571. The zero-order valence-electron chi connectivity index (χ0n) is 8.99. The molecule has 1 rings (SSSR count). The number of aliphatic hydroxyl groups is 1. The summed E-state index contributed by atoms with van der Waals surface area (Å²) >= 11 is 0. The van der Waals surface area contributed by atoms with Gasteiger partial charge in [0.1, 0.15) is 6.04 Å². The first-order valence-corrected chi connectivity index (χ1v) is 4.68. The molecule has 0 fully saturated rings. The van der Waals surface area contributed by atoms with Crippen molar-refractivity contribution in [3.8, 4) is 0 Å². The van der Waals surface area contributed by atoms with Gasteiger partial charge in [-0.15, -0.1) is 5.10 Å². The zero-order chi connectivity index (χ0) is 12.8. The van der Waals surface area contributed by atoms with Crippen molar-refractivity contribution in [1.82, 2.24) is 25.5 Å². The fourth-order valence-corrected chi connectivity index (χ4v) is 1.02. The van der Waals surface area contributed by atoms with E-state index in [1.165, 1.54) is 7.05 Å². The van der Waals surface area contributed by atoms with Gasteiger partial charge in [0.05, 0.1) is 7.05 Å². The lowest BCUT2D eigenvalue weighted by Gasteiger charge is -2.12. The molecule has 17 heavy (non-hydrogen) atoms. The van der Waals surface area contributed by atoms with Crippen LogP contribution in [0.3, 0.4) is 0 Å². The molecular formula is C7H12N6O4. The van der Waals surface area contributed by atoms with E-state index in [0.29, 0.717) is 0 Å². The third-order valence-electron chi connectivity index (χ3n) is 1.75. The van der Waals surface area contributed by atoms with Gasteiger partial charge in [-0.2, -0.15) is 4.80 Å². The summed E-state index contributed by atoms with van der Waals surface area (Å²) in [5, 5.41) is 32.3. The number of aliphatic hydroxyl groups excluding tert-OH is 1. The van der Waals surface area contributed by atoms with E-state index in [1.54, 1.807) is 0 Å². The van der Waals surface area contributed by atoms with E-state index in [4.69, 9.17) is 10.2 Å². The summed E-state index contributed by atoms with van der Waals surface area (Å²) in [6, 6.07) is -1.95. The molecule has 0 aliphatic rings. The first-order valence-electron chi connectivity index (χ1n) is 4.68. The predicted octanol–water partition coefficient (Wildman–Crippen LogP) is -1.83. The van der Waals surface area contributed by atoms with Crippen molar-refractivity contribution in [2.24, 2.45) is 7.05 Å². The minimum atomic E-state index is -1.23. The van der Waals surface area contributed by atoms with Gasteiger partial charge in [0.2, 0.25) is 0 Å². The maximum absolute atomic E-state index is 11.3. The molecule has 1 aromatic heterocycles. The molecule has 10 heteroatoms. The maximum atomic E-state index is 11.3. The highest BCUT2D eigenvalue weighted by molar-refractivity contribution is 5.90. The normalized spacial score (nSPS) is 11.9. The molecule has 0 aliphatic carbocycles. The van der Waals surface area contributed by atoms with Crippen molar-refractivity contribution < 1.29 is 19.8 Å². The minimum Gasteiger partial charge on any atom is -0.480 e. The van der Waals surface area contributed by atoms with Crippen molar-refractivity contribution in [2.75, 3.05) is 11.9 Å². The molecule has 1 atom stereocenters. The van der Waals surface area contributed by atoms with Crippen molar-refractivity contribution in [3.05, 3.63) is 0 Å². The van der Waals surface area contributed by atoms with Crippen LogP contribution in [0.2, 0.25) is 0 Å². The summed E-state index contributed by atoms with van der Waals surface area (Å²) in [7, 11) is 1.52. The topological polar surface area (TPSA) is 142 Å².